The molecule has 0 spiro atoms. The fourth-order valence-corrected chi connectivity index (χ4v) is 2.35. The Hall–Kier alpha value is -2.42. The number of carboxylic acid groups (broad SMARTS) is 1. The number of carboxylic acids is 1. The van der Waals surface area contributed by atoms with Crippen molar-refractivity contribution < 1.29 is 19.4 Å². The first-order valence-corrected chi connectivity index (χ1v) is 7.47. The quantitative estimate of drug-likeness (QED) is 0.495. The number of halogens is 1. The van der Waals surface area contributed by atoms with Crippen LogP contribution >= 0.6 is 15.9 Å². The van der Waals surface area contributed by atoms with Crippen molar-refractivity contribution in [3.63, 3.8) is 0 Å². The summed E-state index contributed by atoms with van der Waals surface area (Å²) in [6.45, 7) is 1.77. The molecule has 0 bridgehead atoms. The summed E-state index contributed by atoms with van der Waals surface area (Å²) in [6, 6.07) is 1.61. The van der Waals surface area contributed by atoms with Crippen LogP contribution in [0.4, 0.5) is 10.5 Å². The van der Waals surface area contributed by atoms with Gasteiger partial charge in [-0.3, -0.25) is 0 Å². The van der Waals surface area contributed by atoms with E-state index in [-0.39, 0.29) is 18.0 Å². The number of hydrogen-bond donors (Lipinski definition) is 1. The third-order valence-corrected chi connectivity index (χ3v) is 3.30. The molecule has 0 aliphatic rings. The molecule has 2 aromatic heterocycles. The van der Waals surface area contributed by atoms with Crippen molar-refractivity contribution in [3.8, 4) is 0 Å². The van der Waals surface area contributed by atoms with Gasteiger partial charge in [0.1, 0.15) is 10.3 Å². The van der Waals surface area contributed by atoms with Gasteiger partial charge in [-0.05, 0) is 28.9 Å². The predicted molar refractivity (Wildman–Crippen MR) is 88.7 cm³/mol. The Bertz CT molecular complexity index is 798. The summed E-state index contributed by atoms with van der Waals surface area (Å²) in [6.07, 6.45) is 2.08. The number of fused-ring (bicyclic) bond motifs is 1. The van der Waals surface area contributed by atoms with E-state index in [0.717, 1.165) is 4.57 Å². The van der Waals surface area contributed by atoms with Crippen LogP contribution in [0, 0.1) is 0 Å². The standard InChI is InChI=1S/C14H15BrN4O4/c1-4-23-14(22)19-9-6-16-10(15)5-8(9)11(12(19)13(20)21)17-7-18(2)3/h5-7H,4H2,1-3H3,(H,20,21). The number of aromatic carboxylic acids is 1. The molecule has 1 N–H and O–H groups in total. The lowest BCUT2D eigenvalue weighted by Gasteiger charge is -2.06. The molecule has 23 heavy (non-hydrogen) atoms. The first-order chi connectivity index (χ1) is 10.9. The maximum Gasteiger partial charge on any atom is 0.419 e. The van der Waals surface area contributed by atoms with Gasteiger partial charge in [-0.2, -0.15) is 0 Å². The third-order valence-electron chi connectivity index (χ3n) is 2.86. The fraction of sp³-hybridized carbons (Fsp3) is 0.286. The number of aliphatic imine (C=N–C) groups is 1. The molecule has 0 aliphatic carbocycles. The van der Waals surface area contributed by atoms with Crippen molar-refractivity contribution in [3.05, 3.63) is 22.6 Å². The average Bonchev–Trinajstić information content (AvgIpc) is 2.79. The Morgan fingerprint density at radius 2 is 2.22 bits per heavy atom. The molecular weight excluding hydrogens is 368 g/mol. The minimum absolute atomic E-state index is 0.123. The van der Waals surface area contributed by atoms with E-state index in [1.54, 1.807) is 32.0 Å². The lowest BCUT2D eigenvalue weighted by Crippen LogP contribution is -2.19. The van der Waals surface area contributed by atoms with E-state index in [9.17, 15) is 14.7 Å². The van der Waals surface area contributed by atoms with E-state index >= 15 is 0 Å². The number of rotatable bonds is 4. The van der Waals surface area contributed by atoms with Gasteiger partial charge in [-0.1, -0.05) is 0 Å². The van der Waals surface area contributed by atoms with Crippen molar-refractivity contribution in [2.45, 2.75) is 6.92 Å². The highest BCUT2D eigenvalue weighted by Gasteiger charge is 2.27. The van der Waals surface area contributed by atoms with Crippen LogP contribution < -0.4 is 0 Å². The Balaban J connectivity index is 2.85. The SMILES string of the molecule is CCOC(=O)n1c(C(=O)O)c(N=CN(C)C)c2cc(Br)ncc21. The lowest BCUT2D eigenvalue weighted by molar-refractivity contribution is 0.0683. The highest BCUT2D eigenvalue weighted by Crippen LogP contribution is 2.34. The summed E-state index contributed by atoms with van der Waals surface area (Å²) in [5.41, 5.74) is 0.212. The normalized spacial score (nSPS) is 11.1. The van der Waals surface area contributed by atoms with Gasteiger partial charge < -0.3 is 14.7 Å². The van der Waals surface area contributed by atoms with E-state index in [4.69, 9.17) is 4.74 Å². The maximum absolute atomic E-state index is 12.2. The molecule has 0 amide bonds. The van der Waals surface area contributed by atoms with Crippen molar-refractivity contribution in [2.75, 3.05) is 20.7 Å². The maximum atomic E-state index is 12.2. The molecule has 0 saturated heterocycles. The van der Waals surface area contributed by atoms with Gasteiger partial charge in [0.2, 0.25) is 0 Å². The van der Waals surface area contributed by atoms with E-state index in [1.165, 1.54) is 12.5 Å². The number of aromatic nitrogens is 2. The van der Waals surface area contributed by atoms with Crippen molar-refractivity contribution in [1.29, 1.82) is 0 Å². The van der Waals surface area contributed by atoms with Crippen LogP contribution in [0.2, 0.25) is 0 Å². The van der Waals surface area contributed by atoms with Gasteiger partial charge in [0.15, 0.2) is 5.69 Å². The van der Waals surface area contributed by atoms with E-state index in [1.807, 2.05) is 0 Å². The summed E-state index contributed by atoms with van der Waals surface area (Å²) in [5.74, 6) is -1.28. The molecule has 0 saturated carbocycles. The third kappa shape index (κ3) is 3.34. The van der Waals surface area contributed by atoms with Gasteiger partial charge in [0.05, 0.1) is 24.7 Å². The van der Waals surface area contributed by atoms with Crippen LogP contribution in [0.15, 0.2) is 21.9 Å². The Morgan fingerprint density at radius 1 is 1.52 bits per heavy atom. The smallest absolute Gasteiger partial charge is 0.419 e. The number of carbonyl (C=O) groups is 2. The molecule has 2 aromatic rings. The summed E-state index contributed by atoms with van der Waals surface area (Å²) in [5, 5.41) is 10.0. The fourth-order valence-electron chi connectivity index (χ4n) is 2.02. The van der Waals surface area contributed by atoms with Crippen LogP contribution in [0.5, 0.6) is 0 Å². The highest BCUT2D eigenvalue weighted by atomic mass is 79.9. The minimum atomic E-state index is -1.28. The Labute approximate surface area is 140 Å². The zero-order valence-electron chi connectivity index (χ0n) is 12.8. The number of nitrogens with zero attached hydrogens (tertiary/aromatic N) is 4. The van der Waals surface area contributed by atoms with Crippen LogP contribution in [0.3, 0.4) is 0 Å². The molecule has 8 nitrogen and oxygen atoms in total. The summed E-state index contributed by atoms with van der Waals surface area (Å²) >= 11 is 3.24. The second-order valence-electron chi connectivity index (χ2n) is 4.77. The van der Waals surface area contributed by atoms with Crippen LogP contribution in [-0.4, -0.2) is 58.7 Å². The van der Waals surface area contributed by atoms with Gasteiger partial charge in [0, 0.05) is 19.5 Å². The van der Waals surface area contributed by atoms with Crippen molar-refractivity contribution in [1.82, 2.24) is 14.5 Å². The molecular formula is C14H15BrN4O4. The van der Waals surface area contributed by atoms with Crippen LogP contribution in [0.25, 0.3) is 10.9 Å². The highest BCUT2D eigenvalue weighted by molar-refractivity contribution is 9.10. The number of carbonyl (C=O) groups excluding carboxylic acids is 1. The molecule has 2 heterocycles. The Kier molecular flexibility index (Phi) is 4.99. The van der Waals surface area contributed by atoms with E-state index < -0.39 is 12.1 Å². The average molecular weight is 383 g/mol. The number of hydrogen-bond acceptors (Lipinski definition) is 5. The largest absolute Gasteiger partial charge is 0.476 e. The predicted octanol–water partition coefficient (Wildman–Crippen LogP) is 2.72. The minimum Gasteiger partial charge on any atom is -0.476 e. The zero-order valence-corrected chi connectivity index (χ0v) is 14.4. The molecule has 0 unspecified atom stereocenters. The Morgan fingerprint density at radius 3 is 2.78 bits per heavy atom. The van der Waals surface area contributed by atoms with Gasteiger partial charge in [0.25, 0.3) is 0 Å². The lowest BCUT2D eigenvalue weighted by atomic mass is 10.2. The number of ether oxygens (including phenoxy) is 1. The number of pyridine rings is 1. The van der Waals surface area contributed by atoms with Gasteiger partial charge in [-0.15, -0.1) is 0 Å². The van der Waals surface area contributed by atoms with E-state index in [0.29, 0.717) is 15.5 Å². The zero-order chi connectivity index (χ0) is 17.1. The van der Waals surface area contributed by atoms with Crippen molar-refractivity contribution >= 4 is 50.9 Å². The van der Waals surface area contributed by atoms with Crippen LogP contribution in [-0.2, 0) is 4.74 Å². The van der Waals surface area contributed by atoms with Gasteiger partial charge >= 0.3 is 12.1 Å². The summed E-state index contributed by atoms with van der Waals surface area (Å²) < 4.78 is 6.43. The molecule has 0 fully saturated rings. The second kappa shape index (κ2) is 6.78. The van der Waals surface area contributed by atoms with Crippen LogP contribution in [0.1, 0.15) is 17.4 Å². The summed E-state index contributed by atoms with van der Waals surface area (Å²) in [7, 11) is 3.51. The topological polar surface area (TPSA) is 97.0 Å². The molecule has 0 atom stereocenters. The van der Waals surface area contributed by atoms with E-state index in [2.05, 4.69) is 25.9 Å². The molecule has 0 aliphatic heterocycles. The van der Waals surface area contributed by atoms with Gasteiger partial charge in [-0.25, -0.2) is 24.1 Å². The monoisotopic (exact) mass is 382 g/mol. The molecule has 0 aromatic carbocycles. The summed E-state index contributed by atoms with van der Waals surface area (Å²) in [4.78, 5) is 33.8. The van der Waals surface area contributed by atoms with Crippen molar-refractivity contribution in [2.24, 2.45) is 4.99 Å². The first-order valence-electron chi connectivity index (χ1n) is 6.67. The molecule has 2 rings (SSSR count). The molecule has 122 valence electrons. The molecule has 9 heteroatoms. The molecule has 0 radical (unpaired) electrons. The second-order valence-corrected chi connectivity index (χ2v) is 5.58. The first kappa shape index (κ1) is 16.9.